The molecule has 0 spiro atoms. The van der Waals surface area contributed by atoms with Crippen molar-refractivity contribution in [3.05, 3.63) is 36.5 Å². The Labute approximate surface area is 404 Å². The average Bonchev–Trinajstić information content (AvgIpc) is 3.31. The first-order chi connectivity index (χ1) is 32.0. The van der Waals surface area contributed by atoms with Gasteiger partial charge in [0.15, 0.2) is 0 Å². The smallest absolute Gasteiger partial charge is 0.305 e. The van der Waals surface area contributed by atoms with Crippen molar-refractivity contribution in [2.45, 2.75) is 315 Å². The normalized spacial score (nSPS) is 12.9. The Bertz CT molecular complexity index is 1060. The van der Waals surface area contributed by atoms with Crippen LogP contribution in [0.15, 0.2) is 36.5 Å². The molecule has 2 unspecified atom stereocenters. The van der Waals surface area contributed by atoms with Crippen LogP contribution in [-0.2, 0) is 14.3 Å². The van der Waals surface area contributed by atoms with Crippen molar-refractivity contribution in [1.82, 2.24) is 5.32 Å². The summed E-state index contributed by atoms with van der Waals surface area (Å²) in [5.41, 5.74) is 0. The van der Waals surface area contributed by atoms with Crippen LogP contribution in [0, 0.1) is 0 Å². The van der Waals surface area contributed by atoms with Crippen LogP contribution in [0.4, 0.5) is 0 Å². The highest BCUT2D eigenvalue weighted by Gasteiger charge is 2.18. The molecule has 2 atom stereocenters. The Morgan fingerprint density at radius 1 is 0.415 bits per heavy atom. The van der Waals surface area contributed by atoms with E-state index in [4.69, 9.17) is 4.74 Å². The van der Waals surface area contributed by atoms with E-state index in [-0.39, 0.29) is 18.5 Å². The van der Waals surface area contributed by atoms with Gasteiger partial charge in [0.05, 0.1) is 25.4 Å². The van der Waals surface area contributed by atoms with Gasteiger partial charge in [-0.15, -0.1) is 0 Å². The molecule has 0 aliphatic heterocycles. The highest BCUT2D eigenvalue weighted by Crippen LogP contribution is 2.16. The second-order valence-electron chi connectivity index (χ2n) is 19.6. The van der Waals surface area contributed by atoms with E-state index < -0.39 is 12.1 Å². The van der Waals surface area contributed by atoms with Crippen LogP contribution >= 0.6 is 0 Å². The number of ether oxygens (including phenoxy) is 1. The molecule has 0 heterocycles. The Morgan fingerprint density at radius 2 is 0.723 bits per heavy atom. The molecule has 65 heavy (non-hydrogen) atoms. The molecule has 6 nitrogen and oxygen atoms in total. The summed E-state index contributed by atoms with van der Waals surface area (Å²) in [6.45, 7) is 4.88. The number of hydrogen-bond donors (Lipinski definition) is 3. The summed E-state index contributed by atoms with van der Waals surface area (Å²) in [5.74, 6) is -0.0881. The highest BCUT2D eigenvalue weighted by atomic mass is 16.5. The zero-order valence-electron chi connectivity index (χ0n) is 43.5. The Morgan fingerprint density at radius 3 is 1.09 bits per heavy atom. The summed E-state index contributed by atoms with van der Waals surface area (Å²) >= 11 is 0. The maximum atomic E-state index is 12.4. The Hall–Kier alpha value is -1.92. The van der Waals surface area contributed by atoms with E-state index in [0.29, 0.717) is 19.4 Å². The van der Waals surface area contributed by atoms with Crippen molar-refractivity contribution >= 4 is 11.9 Å². The van der Waals surface area contributed by atoms with Crippen LogP contribution in [0.3, 0.4) is 0 Å². The van der Waals surface area contributed by atoms with Crippen molar-refractivity contribution in [1.29, 1.82) is 0 Å². The summed E-state index contributed by atoms with van der Waals surface area (Å²) < 4.78 is 5.47. The summed E-state index contributed by atoms with van der Waals surface area (Å²) in [7, 11) is 0. The predicted octanol–water partition coefficient (Wildman–Crippen LogP) is 17.6. The van der Waals surface area contributed by atoms with E-state index in [1.165, 1.54) is 212 Å². The number of carbonyl (C=O) groups is 2. The molecular formula is C59H111NO5. The molecule has 0 saturated heterocycles. The molecule has 382 valence electrons. The fourth-order valence-corrected chi connectivity index (χ4v) is 8.68. The molecule has 0 aromatic heterocycles. The number of hydrogen-bond acceptors (Lipinski definition) is 5. The quantitative estimate of drug-likeness (QED) is 0.0321. The van der Waals surface area contributed by atoms with Crippen LogP contribution in [0.25, 0.3) is 0 Å². The van der Waals surface area contributed by atoms with E-state index in [1.807, 2.05) is 6.08 Å². The van der Waals surface area contributed by atoms with Crippen LogP contribution in [0.2, 0.25) is 0 Å². The SMILES string of the molecule is CCCCCCCC/C=C\CCCCCCCC(=O)OCCCCCCCCCCC/C=C\CCCCCCCC(=O)NC(CO)C(O)/C=C/CCCCCCCCCCCCCCC. The minimum absolute atomic E-state index is 0.00605. The zero-order chi connectivity index (χ0) is 47.2. The van der Waals surface area contributed by atoms with E-state index >= 15 is 0 Å². The first-order valence-electron chi connectivity index (χ1n) is 28.8. The van der Waals surface area contributed by atoms with Gasteiger partial charge < -0.3 is 20.3 Å². The molecule has 0 bridgehead atoms. The van der Waals surface area contributed by atoms with Crippen molar-refractivity contribution in [3.63, 3.8) is 0 Å². The number of rotatable bonds is 53. The van der Waals surface area contributed by atoms with Gasteiger partial charge in [0, 0.05) is 12.8 Å². The molecule has 6 heteroatoms. The molecule has 0 rings (SSSR count). The van der Waals surface area contributed by atoms with Gasteiger partial charge in [0.2, 0.25) is 5.91 Å². The number of unbranched alkanes of at least 4 members (excludes halogenated alkanes) is 38. The lowest BCUT2D eigenvalue weighted by Crippen LogP contribution is -2.45. The highest BCUT2D eigenvalue weighted by molar-refractivity contribution is 5.76. The minimum Gasteiger partial charge on any atom is -0.466 e. The van der Waals surface area contributed by atoms with Gasteiger partial charge in [0.25, 0.3) is 0 Å². The van der Waals surface area contributed by atoms with E-state index in [0.717, 1.165) is 64.2 Å². The van der Waals surface area contributed by atoms with Gasteiger partial charge in [0.1, 0.15) is 0 Å². The third kappa shape index (κ3) is 51.3. The van der Waals surface area contributed by atoms with Crippen molar-refractivity contribution in [3.8, 4) is 0 Å². The molecule has 0 aliphatic rings. The van der Waals surface area contributed by atoms with Crippen molar-refractivity contribution in [2.24, 2.45) is 0 Å². The lowest BCUT2D eigenvalue weighted by molar-refractivity contribution is -0.143. The number of esters is 1. The predicted molar refractivity (Wildman–Crippen MR) is 283 cm³/mol. The number of carbonyl (C=O) groups excluding carboxylic acids is 2. The first kappa shape index (κ1) is 63.1. The standard InChI is InChI=1S/C59H111NO5/c1-3-5-7-9-11-13-15-17-23-27-31-35-39-43-47-51-57(62)56(55-61)60-58(63)52-48-44-40-36-32-28-25-21-19-20-22-26-30-34-38-42-46-50-54-65-59(64)53-49-45-41-37-33-29-24-18-16-14-12-10-8-6-4-2/h18,21,24-25,47,51,56-57,61-62H,3-17,19-20,22-23,26-46,48-50,52-55H2,1-2H3,(H,60,63)/b24-18-,25-21-,51-47+. The second kappa shape index (κ2) is 54.7. The summed E-state index contributed by atoms with van der Waals surface area (Å²) in [5, 5.41) is 23.1. The molecule has 3 N–H and O–H groups in total. The molecule has 0 saturated carbocycles. The molecule has 0 aliphatic carbocycles. The Balaban J connectivity index is 3.48. The molecular weight excluding hydrogens is 803 g/mol. The maximum absolute atomic E-state index is 12.4. The summed E-state index contributed by atoms with van der Waals surface area (Å²) in [6, 6.07) is -0.638. The maximum Gasteiger partial charge on any atom is 0.305 e. The van der Waals surface area contributed by atoms with Gasteiger partial charge in [-0.1, -0.05) is 243 Å². The number of amides is 1. The van der Waals surface area contributed by atoms with Gasteiger partial charge in [-0.2, -0.15) is 0 Å². The van der Waals surface area contributed by atoms with Crippen LogP contribution in [-0.4, -0.2) is 47.4 Å². The fourth-order valence-electron chi connectivity index (χ4n) is 8.68. The number of allylic oxidation sites excluding steroid dienone is 5. The van der Waals surface area contributed by atoms with E-state index in [2.05, 4.69) is 43.5 Å². The second-order valence-corrected chi connectivity index (χ2v) is 19.6. The zero-order valence-corrected chi connectivity index (χ0v) is 43.5. The van der Waals surface area contributed by atoms with Crippen molar-refractivity contribution < 1.29 is 24.5 Å². The van der Waals surface area contributed by atoms with Crippen LogP contribution < -0.4 is 5.32 Å². The number of aliphatic hydroxyl groups excluding tert-OH is 2. The lowest BCUT2D eigenvalue weighted by atomic mass is 10.0. The first-order valence-corrected chi connectivity index (χ1v) is 28.8. The van der Waals surface area contributed by atoms with Gasteiger partial charge in [-0.3, -0.25) is 9.59 Å². The molecule has 0 fully saturated rings. The van der Waals surface area contributed by atoms with E-state index in [1.54, 1.807) is 6.08 Å². The summed E-state index contributed by atoms with van der Waals surface area (Å²) in [6.07, 6.45) is 67.3. The number of aliphatic hydroxyl groups is 2. The lowest BCUT2D eigenvalue weighted by Gasteiger charge is -2.20. The van der Waals surface area contributed by atoms with E-state index in [9.17, 15) is 19.8 Å². The van der Waals surface area contributed by atoms with Gasteiger partial charge in [-0.25, -0.2) is 0 Å². The molecule has 0 radical (unpaired) electrons. The van der Waals surface area contributed by atoms with Crippen LogP contribution in [0.1, 0.15) is 303 Å². The van der Waals surface area contributed by atoms with Gasteiger partial charge in [-0.05, 0) is 83.5 Å². The van der Waals surface area contributed by atoms with Crippen molar-refractivity contribution in [2.75, 3.05) is 13.2 Å². The number of nitrogens with one attached hydrogen (secondary N) is 1. The third-order valence-corrected chi connectivity index (χ3v) is 13.1. The average molecular weight is 915 g/mol. The third-order valence-electron chi connectivity index (χ3n) is 13.1. The monoisotopic (exact) mass is 914 g/mol. The Kier molecular flexibility index (Phi) is 53.1. The van der Waals surface area contributed by atoms with Gasteiger partial charge >= 0.3 is 5.97 Å². The molecule has 0 aromatic rings. The molecule has 0 aromatic carbocycles. The largest absolute Gasteiger partial charge is 0.466 e. The van der Waals surface area contributed by atoms with Crippen LogP contribution in [0.5, 0.6) is 0 Å². The minimum atomic E-state index is -0.853. The molecule has 1 amide bonds. The fraction of sp³-hybridized carbons (Fsp3) is 0.864. The topological polar surface area (TPSA) is 95.9 Å². The summed E-state index contributed by atoms with van der Waals surface area (Å²) in [4.78, 5) is 24.5.